The van der Waals surface area contributed by atoms with Gasteiger partial charge in [0.15, 0.2) is 21.9 Å². The number of piperidine rings is 1. The maximum Gasteiger partial charge on any atom is 0.348 e. The maximum absolute atomic E-state index is 12.6. The van der Waals surface area contributed by atoms with Crippen LogP contribution in [0, 0.1) is 0 Å². The minimum Gasteiger partial charge on any atom is -0.477 e. The average Bonchev–Trinajstić information content (AvgIpc) is 3.33. The number of aryl methyl sites for hydroxylation is 1. The van der Waals surface area contributed by atoms with E-state index in [1.165, 1.54) is 6.92 Å². The molecule has 0 saturated carbocycles. The number of carbonyl (C=O) groups is 3. The molecule has 3 heterocycles. The standard InChI is InChI=1S/C19H24ClN5O5S/c1-4-10-15(20)24-16(21-10)17(27)22-11-6-7-25(8-12(11)30-5-2)19-23-13(9(3)26)14(31-19)18(28)29/h11-12H,4-8H2,1-3H3,(H,21,24)(H,22,27)(H,28,29). The number of carboxylic acid groups (broad SMARTS) is 1. The van der Waals surface area contributed by atoms with Crippen LogP contribution in [0.25, 0.3) is 0 Å². The first-order chi connectivity index (χ1) is 14.7. The number of nitrogens with one attached hydrogen (secondary N) is 2. The number of ketones is 1. The van der Waals surface area contributed by atoms with Crippen molar-refractivity contribution in [2.24, 2.45) is 0 Å². The number of H-pyrrole nitrogens is 1. The summed E-state index contributed by atoms with van der Waals surface area (Å²) in [7, 11) is 0. The third-order valence-corrected chi connectivity index (χ3v) is 6.38. The molecule has 0 spiro atoms. The molecule has 3 rings (SSSR count). The maximum atomic E-state index is 12.6. The molecule has 10 nitrogen and oxygen atoms in total. The van der Waals surface area contributed by atoms with Crippen LogP contribution in [0.2, 0.25) is 5.15 Å². The summed E-state index contributed by atoms with van der Waals surface area (Å²) in [4.78, 5) is 48.9. The van der Waals surface area contributed by atoms with E-state index in [0.29, 0.717) is 43.4 Å². The molecule has 168 valence electrons. The van der Waals surface area contributed by atoms with Gasteiger partial charge in [0.25, 0.3) is 5.91 Å². The summed E-state index contributed by atoms with van der Waals surface area (Å²) >= 11 is 6.99. The molecule has 2 atom stereocenters. The Hall–Kier alpha value is -2.50. The van der Waals surface area contributed by atoms with Gasteiger partial charge in [0.1, 0.15) is 10.6 Å². The van der Waals surface area contributed by atoms with Crippen molar-refractivity contribution < 1.29 is 24.2 Å². The van der Waals surface area contributed by atoms with Crippen LogP contribution in [0.15, 0.2) is 0 Å². The molecule has 3 N–H and O–H groups in total. The second kappa shape index (κ2) is 9.75. The number of aromatic carboxylic acids is 1. The predicted octanol–water partition coefficient (Wildman–Crippen LogP) is 2.40. The van der Waals surface area contributed by atoms with Crippen LogP contribution in [-0.4, -0.2) is 69.6 Å². The fourth-order valence-corrected chi connectivity index (χ4v) is 4.69. The summed E-state index contributed by atoms with van der Waals surface area (Å²) in [5.74, 6) is -1.80. The summed E-state index contributed by atoms with van der Waals surface area (Å²) in [6, 6.07) is -0.274. The number of halogens is 1. The number of amides is 1. The van der Waals surface area contributed by atoms with Crippen LogP contribution in [0.5, 0.6) is 0 Å². The smallest absolute Gasteiger partial charge is 0.348 e. The Kier molecular flexibility index (Phi) is 7.29. The fourth-order valence-electron chi connectivity index (χ4n) is 3.43. The number of thiazole rings is 1. The lowest BCUT2D eigenvalue weighted by Gasteiger charge is -2.38. The van der Waals surface area contributed by atoms with Gasteiger partial charge in [-0.2, -0.15) is 0 Å². The van der Waals surface area contributed by atoms with Gasteiger partial charge in [-0.05, 0) is 19.8 Å². The van der Waals surface area contributed by atoms with Gasteiger partial charge >= 0.3 is 5.97 Å². The largest absolute Gasteiger partial charge is 0.477 e. The van der Waals surface area contributed by atoms with E-state index in [4.69, 9.17) is 16.3 Å². The first kappa shape index (κ1) is 23.2. The molecule has 2 aromatic rings. The van der Waals surface area contributed by atoms with Crippen molar-refractivity contribution in [1.82, 2.24) is 20.3 Å². The van der Waals surface area contributed by atoms with Crippen molar-refractivity contribution in [2.45, 2.75) is 45.8 Å². The Labute approximate surface area is 188 Å². The van der Waals surface area contributed by atoms with E-state index in [1.54, 1.807) is 0 Å². The van der Waals surface area contributed by atoms with Crippen LogP contribution in [0.3, 0.4) is 0 Å². The van der Waals surface area contributed by atoms with E-state index >= 15 is 0 Å². The number of aromatic amines is 1. The number of ether oxygens (including phenoxy) is 1. The second-order valence-corrected chi connectivity index (χ2v) is 8.39. The van der Waals surface area contributed by atoms with E-state index in [0.717, 1.165) is 11.3 Å². The molecule has 2 aromatic heterocycles. The Bertz CT molecular complexity index is 959. The molecule has 2 unspecified atom stereocenters. The average molecular weight is 470 g/mol. The van der Waals surface area contributed by atoms with Gasteiger partial charge in [-0.25, -0.2) is 14.8 Å². The van der Waals surface area contributed by atoms with E-state index < -0.39 is 11.8 Å². The summed E-state index contributed by atoms with van der Waals surface area (Å²) in [6.07, 6.45) is 0.827. The SMILES string of the molecule is CCOC1CN(c2nc(C(C)=O)c(C(=O)O)s2)CCC1NC(=O)c1nc(Cl)c(CC)[nH]1. The summed E-state index contributed by atoms with van der Waals surface area (Å²) in [6.45, 7) is 6.40. The van der Waals surface area contributed by atoms with Gasteiger partial charge < -0.3 is 25.0 Å². The lowest BCUT2D eigenvalue weighted by molar-refractivity contribution is 0.0271. The molecule has 0 bridgehead atoms. The Morgan fingerprint density at radius 2 is 2.10 bits per heavy atom. The zero-order chi connectivity index (χ0) is 22.7. The van der Waals surface area contributed by atoms with Crippen molar-refractivity contribution in [3.63, 3.8) is 0 Å². The number of nitrogens with zero attached hydrogens (tertiary/aromatic N) is 3. The quantitative estimate of drug-likeness (QED) is 0.501. The van der Waals surface area contributed by atoms with Crippen molar-refractivity contribution in [3.8, 4) is 0 Å². The Morgan fingerprint density at radius 3 is 2.65 bits per heavy atom. The number of hydrogen-bond acceptors (Lipinski definition) is 8. The highest BCUT2D eigenvalue weighted by Crippen LogP contribution is 2.30. The molecule has 31 heavy (non-hydrogen) atoms. The first-order valence-electron chi connectivity index (χ1n) is 9.91. The minimum absolute atomic E-state index is 0.0442. The molecule has 0 aliphatic carbocycles. The molecule has 1 saturated heterocycles. The summed E-state index contributed by atoms with van der Waals surface area (Å²) in [5.41, 5.74) is 0.652. The van der Waals surface area contributed by atoms with E-state index in [-0.39, 0.29) is 39.6 Å². The predicted molar refractivity (Wildman–Crippen MR) is 116 cm³/mol. The minimum atomic E-state index is -1.18. The lowest BCUT2D eigenvalue weighted by Crippen LogP contribution is -2.55. The highest BCUT2D eigenvalue weighted by molar-refractivity contribution is 7.17. The number of Topliss-reactive ketones (excluding diaryl/α,β-unsaturated/α-hetero) is 1. The van der Waals surface area contributed by atoms with Gasteiger partial charge in [-0.3, -0.25) is 9.59 Å². The first-order valence-corrected chi connectivity index (χ1v) is 11.1. The lowest BCUT2D eigenvalue weighted by atomic mass is 10.0. The van der Waals surface area contributed by atoms with Gasteiger partial charge in [0, 0.05) is 26.6 Å². The number of imidazole rings is 1. The number of aromatic nitrogens is 3. The number of hydrogen-bond donors (Lipinski definition) is 3. The highest BCUT2D eigenvalue weighted by Gasteiger charge is 2.34. The van der Waals surface area contributed by atoms with Crippen molar-refractivity contribution in [3.05, 3.63) is 27.2 Å². The Morgan fingerprint density at radius 1 is 1.35 bits per heavy atom. The van der Waals surface area contributed by atoms with Crippen LogP contribution < -0.4 is 10.2 Å². The molecular formula is C19H24ClN5O5S. The molecule has 0 aromatic carbocycles. The molecule has 1 fully saturated rings. The van der Waals surface area contributed by atoms with E-state index in [1.807, 2.05) is 18.7 Å². The number of carbonyl (C=O) groups excluding carboxylic acids is 2. The molecule has 1 aliphatic rings. The molecule has 1 aliphatic heterocycles. The molecule has 1 amide bonds. The van der Waals surface area contributed by atoms with Gasteiger partial charge in [-0.1, -0.05) is 29.9 Å². The number of carboxylic acids is 1. The van der Waals surface area contributed by atoms with Crippen LogP contribution in [-0.2, 0) is 11.2 Å². The topological polar surface area (TPSA) is 138 Å². The second-order valence-electron chi connectivity index (χ2n) is 7.05. The van der Waals surface area contributed by atoms with Crippen molar-refractivity contribution in [1.29, 1.82) is 0 Å². The van der Waals surface area contributed by atoms with Crippen LogP contribution in [0.4, 0.5) is 5.13 Å². The zero-order valence-corrected chi connectivity index (χ0v) is 19.0. The monoisotopic (exact) mass is 469 g/mol. The zero-order valence-electron chi connectivity index (χ0n) is 17.4. The van der Waals surface area contributed by atoms with Crippen LogP contribution >= 0.6 is 22.9 Å². The highest BCUT2D eigenvalue weighted by atomic mass is 35.5. The number of rotatable bonds is 8. The van der Waals surface area contributed by atoms with Crippen LogP contribution in [0.1, 0.15) is 63.7 Å². The van der Waals surface area contributed by atoms with Gasteiger partial charge in [0.2, 0.25) is 0 Å². The van der Waals surface area contributed by atoms with Crippen molar-refractivity contribution >= 4 is 45.7 Å². The van der Waals surface area contributed by atoms with Crippen molar-refractivity contribution in [2.75, 3.05) is 24.6 Å². The van der Waals surface area contributed by atoms with E-state index in [9.17, 15) is 19.5 Å². The summed E-state index contributed by atoms with van der Waals surface area (Å²) < 4.78 is 5.85. The van der Waals surface area contributed by atoms with E-state index in [2.05, 4.69) is 20.3 Å². The summed E-state index contributed by atoms with van der Waals surface area (Å²) in [5, 5.41) is 13.0. The molecule has 0 radical (unpaired) electrons. The van der Waals surface area contributed by atoms with Gasteiger partial charge in [0.05, 0.1) is 17.8 Å². The normalized spacial score (nSPS) is 18.8. The fraction of sp³-hybridized carbons (Fsp3) is 0.526. The molecular weight excluding hydrogens is 446 g/mol. The molecule has 12 heteroatoms. The van der Waals surface area contributed by atoms with Gasteiger partial charge in [-0.15, -0.1) is 0 Å². The third-order valence-electron chi connectivity index (χ3n) is 4.97. The Balaban J connectivity index is 1.74. The number of anilines is 1. The third kappa shape index (κ3) is 5.05.